The van der Waals surface area contributed by atoms with E-state index < -0.39 is 140 Å². The average Bonchev–Trinajstić information content (AvgIpc) is 0.903. The van der Waals surface area contributed by atoms with Crippen molar-refractivity contribution in [3.8, 4) is 0 Å². The summed E-state index contributed by atoms with van der Waals surface area (Å²) < 4.78 is 0. The second-order valence-corrected chi connectivity index (χ2v) is 27.7. The van der Waals surface area contributed by atoms with Crippen LogP contribution in [0.3, 0.4) is 0 Å². The first-order chi connectivity index (χ1) is 46.5. The molecule has 27 nitrogen and oxygen atoms in total. The third-order valence-electron chi connectivity index (χ3n) is 15.1. The van der Waals surface area contributed by atoms with Crippen LogP contribution in [0.15, 0.2) is 91.0 Å². The molecule has 0 aromatic heterocycles. The van der Waals surface area contributed by atoms with E-state index in [2.05, 4.69) is 77.6 Å². The third-order valence-corrected chi connectivity index (χ3v) is 17.1. The van der Waals surface area contributed by atoms with Gasteiger partial charge < -0.3 is 97.3 Å². The number of rotatable bonds is 46. The van der Waals surface area contributed by atoms with Crippen LogP contribution in [-0.2, 0) is 81.6 Å². The van der Waals surface area contributed by atoms with Gasteiger partial charge in [-0.05, 0) is 112 Å². The maximum Gasteiger partial charge on any atom is 1.00 e. The van der Waals surface area contributed by atoms with E-state index in [9.17, 15) is 67.1 Å². The van der Waals surface area contributed by atoms with Crippen LogP contribution < -0.4 is 121 Å². The van der Waals surface area contributed by atoms with E-state index in [1.807, 2.05) is 80.1 Å². The van der Waals surface area contributed by atoms with Gasteiger partial charge in [0.2, 0.25) is 53.2 Å². The summed E-state index contributed by atoms with van der Waals surface area (Å²) in [5.74, 6) is -8.16. The predicted octanol–water partition coefficient (Wildman–Crippen LogP) is -0.0430. The third kappa shape index (κ3) is 39.4. The number of hydrogen-bond acceptors (Lipinski definition) is 16. The molecule has 3 rings (SSSR count). The monoisotopic (exact) mass is 1530 g/mol. The fraction of sp³-hybridized carbons (Fsp3) is 0.536. The van der Waals surface area contributed by atoms with Crippen molar-refractivity contribution in [1.29, 1.82) is 0 Å². The first-order valence-corrected chi connectivity index (χ1v) is 36.8. The summed E-state index contributed by atoms with van der Waals surface area (Å²) in [5.41, 5.74) is 8.60. The van der Waals surface area contributed by atoms with Gasteiger partial charge in [0.1, 0.15) is 41.8 Å². The molecule has 538 valence electrons. The molecule has 0 spiro atoms. The minimum Gasteiger partial charge on any atom is -0.390 e. The summed E-state index contributed by atoms with van der Waals surface area (Å²) in [7, 11) is 0. The number of urea groups is 1. The summed E-state index contributed by atoms with van der Waals surface area (Å²) in [4.78, 5) is 185. The summed E-state index contributed by atoms with van der Waals surface area (Å²) in [6.45, 7) is 12.8. The number of Topliss-reactive ketones (excluding diaryl/α,β-unsaturated/α-hetero) is 2. The Bertz CT molecular complexity index is 3120. The maximum absolute atomic E-state index is 14.2. The maximum atomic E-state index is 14.2. The summed E-state index contributed by atoms with van der Waals surface area (Å²) >= 11 is 2.04. The summed E-state index contributed by atoms with van der Waals surface area (Å²) in [5, 5.41) is 31.6. The molecule has 14 N–H and O–H groups in total. The molecule has 0 saturated carbocycles. The van der Waals surface area contributed by atoms with Gasteiger partial charge in [-0.15, -0.1) is 0 Å². The van der Waals surface area contributed by atoms with E-state index in [1.54, 1.807) is 60.7 Å². The number of imide groups is 1. The molecule has 0 fully saturated rings. The number of halogens is 1. The quantitative estimate of drug-likeness (QED) is 0.0200. The van der Waals surface area contributed by atoms with Gasteiger partial charge in [-0.25, -0.2) is 4.79 Å². The van der Waals surface area contributed by atoms with Crippen molar-refractivity contribution in [3.63, 3.8) is 0 Å². The number of ketones is 2. The largest absolute Gasteiger partial charge is 1.00 e. The molecule has 99 heavy (non-hydrogen) atoms. The Kier molecular flexibility index (Phi) is 44.0. The Balaban J connectivity index is 0.0000333. The average molecular weight is 1530 g/mol. The van der Waals surface area contributed by atoms with Gasteiger partial charge in [0.05, 0.1) is 32.2 Å². The second kappa shape index (κ2) is 49.2. The van der Waals surface area contributed by atoms with Gasteiger partial charge in [0.25, 0.3) is 5.91 Å². The summed E-state index contributed by atoms with van der Waals surface area (Å²) in [6.07, 6.45) is 2.33. The first kappa shape index (κ1) is 88.6. The molecule has 0 aliphatic rings. The Morgan fingerprint density at radius 2 is 0.848 bits per heavy atom. The van der Waals surface area contributed by atoms with Gasteiger partial charge >= 0.3 is 57.4 Å². The number of benzene rings is 3. The van der Waals surface area contributed by atoms with Crippen molar-refractivity contribution in [2.45, 2.75) is 187 Å². The molecule has 8 unspecified atom stereocenters. The van der Waals surface area contributed by atoms with E-state index in [-0.39, 0.29) is 132 Å². The molecule has 12 amide bonds. The van der Waals surface area contributed by atoms with E-state index in [1.165, 1.54) is 13.8 Å². The number of carbonyl (C=O) groups excluding carboxylic acids is 14. The molecule has 0 aliphatic heterocycles. The normalized spacial score (nSPS) is 13.5. The molecule has 30 heteroatoms. The van der Waals surface area contributed by atoms with Crippen LogP contribution in [0.1, 0.15) is 136 Å². The van der Waals surface area contributed by atoms with Crippen LogP contribution in [0.5, 0.6) is 0 Å². The Labute approximate surface area is 638 Å². The van der Waals surface area contributed by atoms with Gasteiger partial charge in [-0.3, -0.25) is 62.9 Å². The Morgan fingerprint density at radius 1 is 0.414 bits per heavy atom. The van der Waals surface area contributed by atoms with Crippen LogP contribution in [0.2, 0.25) is 0 Å². The molecule has 3 aromatic carbocycles. The van der Waals surface area contributed by atoms with E-state index in [0.717, 1.165) is 24.8 Å². The topological polar surface area (TPSA) is 409 Å². The Hall–Kier alpha value is -6.44. The smallest absolute Gasteiger partial charge is 0.390 e. The molecule has 0 aliphatic carbocycles. The predicted molar refractivity (Wildman–Crippen MR) is 380 cm³/mol. The number of nitrogens with two attached hydrogens (primary N) is 1. The van der Waals surface area contributed by atoms with E-state index in [4.69, 9.17) is 5.73 Å². The zero-order chi connectivity index (χ0) is 72.7. The van der Waals surface area contributed by atoms with E-state index >= 15 is 0 Å². The van der Waals surface area contributed by atoms with Crippen molar-refractivity contribution in [1.82, 2.24) is 63.8 Å². The zero-order valence-electron chi connectivity index (χ0n) is 58.4. The number of amides is 12. The Morgan fingerprint density at radius 3 is 1.32 bits per heavy atom. The molecule has 0 bridgehead atoms. The van der Waals surface area contributed by atoms with Crippen molar-refractivity contribution in [2.24, 2.45) is 23.5 Å². The van der Waals surface area contributed by atoms with Crippen molar-refractivity contribution in [3.05, 3.63) is 108 Å². The van der Waals surface area contributed by atoms with Gasteiger partial charge in [0, 0.05) is 44.3 Å². The van der Waals surface area contributed by atoms with E-state index in [0.29, 0.717) is 42.7 Å². The molecule has 3 aromatic rings. The zero-order valence-corrected chi connectivity index (χ0v) is 64.5. The van der Waals surface area contributed by atoms with Crippen LogP contribution in [-0.4, -0.2) is 163 Å². The van der Waals surface area contributed by atoms with Crippen LogP contribution in [0, 0.1) is 17.8 Å². The molecular formula is C69H100IKN13O14P. The number of hydrogen-bond donors (Lipinski definition) is 13. The molecular weight excluding hydrogens is 1430 g/mol. The SMILES string of the molecule is CC(=O)CNC(=O)C(CC(C)C)NC(=O)C(Cc1ccccc1)NC(=O)CNC(=O)CCC(NC(=O)CCC(N)C(=O)NCC(=O)NC(CNC(CCCC(=O)[P-]I)CC(C)C)Cc1ccccc1)C(=O)NC(=O)NC(Cc1ccccc1)C(=O)NC(CC(C)C)C(=O)NCC(C)=O.[K+]. The van der Waals surface area contributed by atoms with Gasteiger partial charge in [-0.2, -0.15) is 0 Å². The van der Waals surface area contributed by atoms with Crippen molar-refractivity contribution >= 4 is 110 Å². The van der Waals surface area contributed by atoms with Gasteiger partial charge in [0.15, 0.2) is 0 Å². The minimum absolute atomic E-state index is 0. The second-order valence-electron chi connectivity index (χ2n) is 25.6. The van der Waals surface area contributed by atoms with Crippen molar-refractivity contribution in [2.75, 3.05) is 32.7 Å². The molecule has 8 atom stereocenters. The fourth-order valence-corrected chi connectivity index (χ4v) is 11.2. The van der Waals surface area contributed by atoms with Gasteiger partial charge in [-0.1, -0.05) is 133 Å². The molecule has 0 heterocycles. The number of carbonyl (C=O) groups is 14. The van der Waals surface area contributed by atoms with Crippen LogP contribution in [0.4, 0.5) is 4.79 Å². The first-order valence-electron chi connectivity index (χ1n) is 33.1. The minimum atomic E-state index is -1.67. The van der Waals surface area contributed by atoms with Crippen molar-refractivity contribution < 1.29 is 119 Å². The number of nitrogens with one attached hydrogen (secondary N) is 12. The fourth-order valence-electron chi connectivity index (χ4n) is 10.2. The van der Waals surface area contributed by atoms with Crippen LogP contribution in [0.25, 0.3) is 0 Å². The van der Waals surface area contributed by atoms with Crippen LogP contribution >= 0.6 is 28.3 Å². The standard InChI is InChI=1S/C69H100IN13O14P.K/c1-42(2)31-50(25-18-26-62(90)98-70)72-39-51(34-47-19-12-9-13-20-47)77-60(88)41-76-63(91)52(71)27-29-59(87)78-53(66(94)83-69(97)82-57(36-49-23-16-11-17-24-49)68(96)81-55(33-44(5)6)65(93)75-38-46(8)85)28-30-58(86)73-40-61(89)79-56(35-48-21-14-10-15-22-48)67(95)80-54(32-43(3)4)64(92)74-37-45(7)84;/h9-17,19-24,42-44,50-57,72H,18,25-41,71H2,1-8H3,(H,73,86)(H,74,92)(H,75,93)(H,76,91)(H,77,88)(H,78,87)(H,79,89)(H,80,95)(H,81,96)(H2,82,83,94,97);/q-1;+1. The molecule has 0 radical (unpaired) electrons. The summed E-state index contributed by atoms with van der Waals surface area (Å²) in [6, 6.07) is 17.3. The molecule has 0 saturated heterocycles.